The van der Waals surface area contributed by atoms with Crippen LogP contribution in [0.1, 0.15) is 63.0 Å². The van der Waals surface area contributed by atoms with Gasteiger partial charge in [-0.15, -0.1) is 0 Å². The van der Waals surface area contributed by atoms with Crippen molar-refractivity contribution in [1.82, 2.24) is 10.2 Å². The van der Waals surface area contributed by atoms with Gasteiger partial charge in [-0.25, -0.2) is 0 Å². The Bertz CT molecular complexity index is 845. The average Bonchev–Trinajstić information content (AvgIpc) is 2.82. The number of aryl methyl sites for hydroxylation is 1. The van der Waals surface area contributed by atoms with Gasteiger partial charge in [0.25, 0.3) is 0 Å². The van der Waals surface area contributed by atoms with Crippen LogP contribution in [0.4, 0.5) is 0 Å². The molecule has 0 saturated heterocycles. The molecule has 2 aromatic carbocycles. The molecule has 0 unspecified atom stereocenters. The van der Waals surface area contributed by atoms with Crippen LogP contribution in [0.15, 0.2) is 54.6 Å². The SMILES string of the molecule is Cc1ccc(OCCCC(=O)N(Cc2ccccc2)[C@H](C)C(=O)NC2CCCCC2)cc1. The van der Waals surface area contributed by atoms with E-state index in [1.165, 1.54) is 12.0 Å². The van der Waals surface area contributed by atoms with Gasteiger partial charge in [-0.05, 0) is 50.8 Å². The Kier molecular flexibility index (Phi) is 9.14. The van der Waals surface area contributed by atoms with Crippen LogP contribution in [0.25, 0.3) is 0 Å². The van der Waals surface area contributed by atoms with Crippen molar-refractivity contribution in [1.29, 1.82) is 0 Å². The summed E-state index contributed by atoms with van der Waals surface area (Å²) in [7, 11) is 0. The number of hydrogen-bond acceptors (Lipinski definition) is 3. The lowest BCUT2D eigenvalue weighted by Crippen LogP contribution is -2.50. The first-order valence-corrected chi connectivity index (χ1v) is 11.9. The Balaban J connectivity index is 1.57. The first kappa shape index (κ1) is 23.8. The number of nitrogens with zero attached hydrogens (tertiary/aromatic N) is 1. The van der Waals surface area contributed by atoms with Gasteiger partial charge in [-0.3, -0.25) is 9.59 Å². The highest BCUT2D eigenvalue weighted by atomic mass is 16.5. The summed E-state index contributed by atoms with van der Waals surface area (Å²) in [6.45, 7) is 4.77. The van der Waals surface area contributed by atoms with Gasteiger partial charge in [0, 0.05) is 19.0 Å². The van der Waals surface area contributed by atoms with E-state index in [9.17, 15) is 9.59 Å². The van der Waals surface area contributed by atoms with Crippen LogP contribution < -0.4 is 10.1 Å². The Labute approximate surface area is 192 Å². The Hall–Kier alpha value is -2.82. The second kappa shape index (κ2) is 12.3. The van der Waals surface area contributed by atoms with E-state index in [-0.39, 0.29) is 17.9 Å². The van der Waals surface area contributed by atoms with Gasteiger partial charge in [0.1, 0.15) is 11.8 Å². The molecule has 1 aliphatic rings. The topological polar surface area (TPSA) is 58.6 Å². The van der Waals surface area contributed by atoms with E-state index in [2.05, 4.69) is 5.32 Å². The fourth-order valence-corrected chi connectivity index (χ4v) is 4.12. The van der Waals surface area contributed by atoms with Gasteiger partial charge in [-0.2, -0.15) is 0 Å². The zero-order valence-electron chi connectivity index (χ0n) is 19.4. The van der Waals surface area contributed by atoms with E-state index in [0.717, 1.165) is 37.0 Å². The van der Waals surface area contributed by atoms with Gasteiger partial charge in [0.2, 0.25) is 11.8 Å². The molecule has 1 fully saturated rings. The number of ether oxygens (including phenoxy) is 1. The smallest absolute Gasteiger partial charge is 0.242 e. The second-order valence-electron chi connectivity index (χ2n) is 8.79. The molecule has 5 nitrogen and oxygen atoms in total. The molecule has 0 heterocycles. The summed E-state index contributed by atoms with van der Waals surface area (Å²) in [4.78, 5) is 27.8. The predicted molar refractivity (Wildman–Crippen MR) is 127 cm³/mol. The fraction of sp³-hybridized carbons (Fsp3) is 0.481. The maximum absolute atomic E-state index is 13.1. The van der Waals surface area contributed by atoms with Crippen molar-refractivity contribution in [3.8, 4) is 5.75 Å². The molecule has 0 bridgehead atoms. The first-order chi connectivity index (χ1) is 15.5. The number of hydrogen-bond donors (Lipinski definition) is 1. The van der Waals surface area contributed by atoms with Crippen molar-refractivity contribution in [2.24, 2.45) is 0 Å². The molecule has 2 amide bonds. The van der Waals surface area contributed by atoms with Crippen molar-refractivity contribution >= 4 is 11.8 Å². The monoisotopic (exact) mass is 436 g/mol. The third kappa shape index (κ3) is 7.40. The molecule has 32 heavy (non-hydrogen) atoms. The molecule has 5 heteroatoms. The average molecular weight is 437 g/mol. The maximum Gasteiger partial charge on any atom is 0.242 e. The summed E-state index contributed by atoms with van der Waals surface area (Å²) in [6.07, 6.45) is 6.57. The lowest BCUT2D eigenvalue weighted by molar-refractivity contribution is -0.141. The van der Waals surface area contributed by atoms with Crippen molar-refractivity contribution in [2.45, 2.75) is 77.4 Å². The molecule has 1 aliphatic carbocycles. The predicted octanol–water partition coefficient (Wildman–Crippen LogP) is 5.02. The third-order valence-corrected chi connectivity index (χ3v) is 6.14. The zero-order chi connectivity index (χ0) is 22.8. The number of carbonyl (C=O) groups excluding carboxylic acids is 2. The molecular weight excluding hydrogens is 400 g/mol. The van der Waals surface area contributed by atoms with Crippen LogP contribution in [0, 0.1) is 6.92 Å². The molecule has 1 N–H and O–H groups in total. The lowest BCUT2D eigenvalue weighted by atomic mass is 9.95. The second-order valence-corrected chi connectivity index (χ2v) is 8.79. The number of benzene rings is 2. The van der Waals surface area contributed by atoms with Crippen LogP contribution in [-0.2, 0) is 16.1 Å². The van der Waals surface area contributed by atoms with Gasteiger partial charge in [-0.1, -0.05) is 67.3 Å². The van der Waals surface area contributed by atoms with Crippen molar-refractivity contribution in [3.63, 3.8) is 0 Å². The molecule has 172 valence electrons. The largest absolute Gasteiger partial charge is 0.494 e. The minimum atomic E-state index is -0.511. The molecule has 0 radical (unpaired) electrons. The number of rotatable bonds is 10. The standard InChI is InChI=1S/C27H36N2O3/c1-21-15-17-25(18-16-21)32-19-9-14-26(30)29(20-23-10-5-3-6-11-23)22(2)27(31)28-24-12-7-4-8-13-24/h3,5-6,10-11,15-18,22,24H,4,7-9,12-14,19-20H2,1-2H3,(H,28,31)/t22-/m1/s1. The van der Waals surface area contributed by atoms with E-state index in [0.29, 0.717) is 26.0 Å². The quantitative estimate of drug-likeness (QED) is 0.532. The highest BCUT2D eigenvalue weighted by molar-refractivity contribution is 5.87. The van der Waals surface area contributed by atoms with Crippen LogP contribution in [0.5, 0.6) is 5.75 Å². The van der Waals surface area contributed by atoms with Crippen LogP contribution >= 0.6 is 0 Å². The minimum absolute atomic E-state index is 0.0207. The normalized spacial score (nSPS) is 15.1. The van der Waals surface area contributed by atoms with Crippen molar-refractivity contribution in [2.75, 3.05) is 6.61 Å². The summed E-state index contributed by atoms with van der Waals surface area (Å²) in [5, 5.41) is 3.18. The molecule has 0 aliphatic heterocycles. The molecule has 1 atom stereocenters. The molecule has 0 aromatic heterocycles. The van der Waals surface area contributed by atoms with Gasteiger partial charge < -0.3 is 15.0 Å². The van der Waals surface area contributed by atoms with Gasteiger partial charge >= 0.3 is 0 Å². The fourth-order valence-electron chi connectivity index (χ4n) is 4.12. The highest BCUT2D eigenvalue weighted by Gasteiger charge is 2.27. The minimum Gasteiger partial charge on any atom is -0.494 e. The van der Waals surface area contributed by atoms with Gasteiger partial charge in [0.15, 0.2) is 0 Å². The Morgan fingerprint density at radius 1 is 1.03 bits per heavy atom. The van der Waals surface area contributed by atoms with E-state index in [4.69, 9.17) is 4.74 Å². The third-order valence-electron chi connectivity index (χ3n) is 6.14. The Morgan fingerprint density at radius 2 is 1.72 bits per heavy atom. The summed E-state index contributed by atoms with van der Waals surface area (Å²) in [5.41, 5.74) is 2.21. The number of nitrogens with one attached hydrogen (secondary N) is 1. The van der Waals surface area contributed by atoms with Gasteiger partial charge in [0.05, 0.1) is 6.61 Å². The van der Waals surface area contributed by atoms with E-state index in [1.54, 1.807) is 4.90 Å². The first-order valence-electron chi connectivity index (χ1n) is 11.9. The molecular formula is C27H36N2O3. The lowest BCUT2D eigenvalue weighted by Gasteiger charge is -2.31. The van der Waals surface area contributed by atoms with Crippen molar-refractivity contribution < 1.29 is 14.3 Å². The molecule has 0 spiro atoms. The summed E-state index contributed by atoms with van der Waals surface area (Å²) in [5.74, 6) is 0.731. The summed E-state index contributed by atoms with van der Waals surface area (Å²) >= 11 is 0. The van der Waals surface area contributed by atoms with E-state index >= 15 is 0 Å². The van der Waals surface area contributed by atoms with E-state index < -0.39 is 6.04 Å². The highest BCUT2D eigenvalue weighted by Crippen LogP contribution is 2.19. The van der Waals surface area contributed by atoms with Crippen LogP contribution in [0.2, 0.25) is 0 Å². The molecule has 2 aromatic rings. The Morgan fingerprint density at radius 3 is 2.41 bits per heavy atom. The van der Waals surface area contributed by atoms with Crippen LogP contribution in [0.3, 0.4) is 0 Å². The zero-order valence-corrected chi connectivity index (χ0v) is 19.4. The summed E-state index contributed by atoms with van der Waals surface area (Å²) < 4.78 is 5.77. The van der Waals surface area contributed by atoms with Crippen molar-refractivity contribution in [3.05, 3.63) is 65.7 Å². The van der Waals surface area contributed by atoms with E-state index in [1.807, 2.05) is 68.4 Å². The molecule has 1 saturated carbocycles. The maximum atomic E-state index is 13.1. The summed E-state index contributed by atoms with van der Waals surface area (Å²) in [6, 6.07) is 17.5. The number of amides is 2. The number of carbonyl (C=O) groups is 2. The van der Waals surface area contributed by atoms with Crippen LogP contribution in [-0.4, -0.2) is 35.4 Å². The molecule has 3 rings (SSSR count).